The van der Waals surface area contributed by atoms with Crippen LogP contribution in [-0.2, 0) is 6.54 Å². The largest absolute Gasteiger partial charge is 0.497 e. The van der Waals surface area contributed by atoms with Crippen LogP contribution in [0.4, 0.5) is 0 Å². The van der Waals surface area contributed by atoms with E-state index in [2.05, 4.69) is 14.6 Å². The van der Waals surface area contributed by atoms with Gasteiger partial charge in [-0.3, -0.25) is 9.78 Å². The number of nitrogens with zero attached hydrogens (tertiary/aromatic N) is 4. The number of pyridine rings is 1. The van der Waals surface area contributed by atoms with Crippen LogP contribution in [0.15, 0.2) is 79.4 Å². The lowest BCUT2D eigenvalue weighted by atomic mass is 10.0. The Morgan fingerprint density at radius 1 is 1.06 bits per heavy atom. The molecule has 0 bridgehead atoms. The summed E-state index contributed by atoms with van der Waals surface area (Å²) in [6.07, 6.45) is 6.74. The number of carbonyl (C=O) groups excluding carboxylic acids is 1. The van der Waals surface area contributed by atoms with Crippen molar-refractivity contribution in [1.82, 2.24) is 19.3 Å². The second-order valence-corrected chi connectivity index (χ2v) is 8.20. The Morgan fingerprint density at radius 2 is 1.82 bits per heavy atom. The molecule has 0 spiro atoms. The van der Waals surface area contributed by atoms with Gasteiger partial charge in [-0.15, -0.1) is 0 Å². The molecule has 0 amide bonds. The lowest BCUT2D eigenvalue weighted by Crippen LogP contribution is -2.06. The summed E-state index contributed by atoms with van der Waals surface area (Å²) in [7, 11) is 1.62. The van der Waals surface area contributed by atoms with E-state index in [9.17, 15) is 4.79 Å². The number of carbonyl (C=O) groups is 1. The number of aromatic nitrogens is 4. The number of hydrogen-bond donors (Lipinski definition) is 0. The summed E-state index contributed by atoms with van der Waals surface area (Å²) in [5.74, 6) is 0.619. The van der Waals surface area contributed by atoms with Gasteiger partial charge in [0.15, 0.2) is 5.78 Å². The van der Waals surface area contributed by atoms with E-state index in [1.165, 1.54) is 0 Å². The molecule has 5 aromatic rings. The molecule has 0 saturated carbocycles. The number of ether oxygens (including phenoxy) is 1. The zero-order valence-corrected chi connectivity index (χ0v) is 19.0. The average molecular weight is 457 g/mol. The summed E-state index contributed by atoms with van der Waals surface area (Å²) in [4.78, 5) is 17.7. The van der Waals surface area contributed by atoms with E-state index in [-0.39, 0.29) is 5.78 Å². The summed E-state index contributed by atoms with van der Waals surface area (Å²) in [5.41, 5.74) is 4.95. The number of hydrogen-bond acceptors (Lipinski definition) is 4. The van der Waals surface area contributed by atoms with Gasteiger partial charge in [0.2, 0.25) is 0 Å². The molecule has 33 heavy (non-hydrogen) atoms. The van der Waals surface area contributed by atoms with Crippen LogP contribution in [-0.4, -0.2) is 32.2 Å². The first-order valence-electron chi connectivity index (χ1n) is 10.5. The van der Waals surface area contributed by atoms with Crippen molar-refractivity contribution in [2.24, 2.45) is 0 Å². The molecule has 5 rings (SSSR count). The van der Waals surface area contributed by atoms with Crippen molar-refractivity contribution in [2.75, 3.05) is 7.11 Å². The molecule has 0 atom stereocenters. The van der Waals surface area contributed by atoms with Crippen LogP contribution in [0.3, 0.4) is 0 Å². The molecule has 0 aliphatic rings. The van der Waals surface area contributed by atoms with Gasteiger partial charge in [0.05, 0.1) is 30.1 Å². The molecule has 0 radical (unpaired) electrons. The van der Waals surface area contributed by atoms with E-state index in [0.29, 0.717) is 28.4 Å². The van der Waals surface area contributed by atoms with Crippen LogP contribution in [0.2, 0.25) is 5.02 Å². The SMILES string of the molecule is COc1ccc2c(c1)c(C(=O)c1cnn(-c3ccncc3)c1)c(C)n2Cc1ccc(Cl)cc1. The molecule has 7 heteroatoms. The van der Waals surface area contributed by atoms with Gasteiger partial charge in [-0.2, -0.15) is 5.10 Å². The molecule has 164 valence electrons. The molecule has 0 unspecified atom stereocenters. The van der Waals surface area contributed by atoms with Crippen molar-refractivity contribution in [1.29, 1.82) is 0 Å². The summed E-state index contributed by atoms with van der Waals surface area (Å²) in [6.45, 7) is 2.60. The van der Waals surface area contributed by atoms with Gasteiger partial charge in [-0.1, -0.05) is 23.7 Å². The number of methoxy groups -OCH3 is 1. The minimum absolute atomic E-state index is 0.0825. The van der Waals surface area contributed by atoms with Crippen molar-refractivity contribution in [3.05, 3.63) is 107 Å². The fourth-order valence-corrected chi connectivity index (χ4v) is 4.20. The highest BCUT2D eigenvalue weighted by Gasteiger charge is 2.23. The maximum atomic E-state index is 13.7. The molecular weight excluding hydrogens is 436 g/mol. The topological polar surface area (TPSA) is 61.9 Å². The summed E-state index contributed by atoms with van der Waals surface area (Å²) < 4.78 is 9.28. The molecule has 2 aromatic carbocycles. The molecule has 0 aliphatic carbocycles. The molecule has 0 saturated heterocycles. The number of fused-ring (bicyclic) bond motifs is 1. The third-order valence-electron chi connectivity index (χ3n) is 5.78. The Morgan fingerprint density at radius 3 is 2.55 bits per heavy atom. The molecule has 0 fully saturated rings. The zero-order valence-electron chi connectivity index (χ0n) is 18.2. The van der Waals surface area contributed by atoms with Crippen molar-refractivity contribution in [3.63, 3.8) is 0 Å². The summed E-state index contributed by atoms with van der Waals surface area (Å²) in [5, 5.41) is 5.93. The zero-order chi connectivity index (χ0) is 22.9. The second-order valence-electron chi connectivity index (χ2n) is 7.76. The number of benzene rings is 2. The molecule has 0 N–H and O–H groups in total. The van der Waals surface area contributed by atoms with E-state index in [1.54, 1.807) is 36.6 Å². The van der Waals surface area contributed by atoms with Gasteiger partial charge in [-0.05, 0) is 55.0 Å². The first kappa shape index (κ1) is 21.0. The maximum Gasteiger partial charge on any atom is 0.198 e. The first-order chi connectivity index (χ1) is 16.0. The van der Waals surface area contributed by atoms with E-state index >= 15 is 0 Å². The van der Waals surface area contributed by atoms with Gasteiger partial charge in [-0.25, -0.2) is 4.68 Å². The molecule has 0 aliphatic heterocycles. The Hall–Kier alpha value is -3.90. The fourth-order valence-electron chi connectivity index (χ4n) is 4.07. The van der Waals surface area contributed by atoms with Gasteiger partial charge in [0, 0.05) is 46.8 Å². The third-order valence-corrected chi connectivity index (χ3v) is 6.04. The van der Waals surface area contributed by atoms with Crippen LogP contribution in [0.25, 0.3) is 16.6 Å². The Kier molecular flexibility index (Phi) is 5.44. The second kappa shape index (κ2) is 8.56. The minimum atomic E-state index is -0.0825. The van der Waals surface area contributed by atoms with Crippen LogP contribution in [0.1, 0.15) is 27.2 Å². The Balaban J connectivity index is 1.61. The number of rotatable bonds is 6. The lowest BCUT2D eigenvalue weighted by molar-refractivity contribution is 0.103. The predicted octanol–water partition coefficient (Wildman–Crippen LogP) is 5.47. The average Bonchev–Trinajstić information content (AvgIpc) is 3.44. The molecule has 6 nitrogen and oxygen atoms in total. The van der Waals surface area contributed by atoms with Crippen LogP contribution >= 0.6 is 11.6 Å². The summed E-state index contributed by atoms with van der Waals surface area (Å²) in [6, 6.07) is 17.3. The van der Waals surface area contributed by atoms with Crippen molar-refractivity contribution in [2.45, 2.75) is 13.5 Å². The predicted molar refractivity (Wildman–Crippen MR) is 129 cm³/mol. The van der Waals surface area contributed by atoms with Crippen LogP contribution in [0.5, 0.6) is 5.75 Å². The third kappa shape index (κ3) is 3.90. The number of ketones is 1. The Bertz CT molecular complexity index is 1450. The molecule has 3 heterocycles. The van der Waals surface area contributed by atoms with Crippen molar-refractivity contribution < 1.29 is 9.53 Å². The molecular formula is C26H21ClN4O2. The number of halogens is 1. The lowest BCUT2D eigenvalue weighted by Gasteiger charge is -2.09. The standard InChI is InChI=1S/C26H21ClN4O2/c1-17-25(26(32)19-14-29-31(16-19)21-9-11-28-12-10-21)23-13-22(33-2)7-8-24(23)30(17)15-18-3-5-20(27)6-4-18/h3-14,16H,15H2,1-2H3. The van der Waals surface area contributed by atoms with Crippen LogP contribution < -0.4 is 4.74 Å². The monoisotopic (exact) mass is 456 g/mol. The van der Waals surface area contributed by atoms with Gasteiger partial charge >= 0.3 is 0 Å². The first-order valence-corrected chi connectivity index (χ1v) is 10.8. The van der Waals surface area contributed by atoms with E-state index in [1.807, 2.05) is 61.5 Å². The quantitative estimate of drug-likeness (QED) is 0.318. The normalized spacial score (nSPS) is 11.1. The van der Waals surface area contributed by atoms with Crippen molar-refractivity contribution >= 4 is 28.3 Å². The van der Waals surface area contributed by atoms with Gasteiger partial charge < -0.3 is 9.30 Å². The molecule has 3 aromatic heterocycles. The minimum Gasteiger partial charge on any atom is -0.497 e. The maximum absolute atomic E-state index is 13.7. The van der Waals surface area contributed by atoms with Crippen LogP contribution in [0, 0.1) is 6.92 Å². The van der Waals surface area contributed by atoms with E-state index in [0.717, 1.165) is 27.8 Å². The highest BCUT2D eigenvalue weighted by molar-refractivity contribution is 6.30. The van der Waals surface area contributed by atoms with E-state index < -0.39 is 0 Å². The highest BCUT2D eigenvalue weighted by atomic mass is 35.5. The van der Waals surface area contributed by atoms with E-state index in [4.69, 9.17) is 16.3 Å². The van der Waals surface area contributed by atoms with Crippen molar-refractivity contribution in [3.8, 4) is 11.4 Å². The Labute approximate surface area is 196 Å². The van der Waals surface area contributed by atoms with Gasteiger partial charge in [0.25, 0.3) is 0 Å². The smallest absolute Gasteiger partial charge is 0.198 e. The highest BCUT2D eigenvalue weighted by Crippen LogP contribution is 2.32. The summed E-state index contributed by atoms with van der Waals surface area (Å²) >= 11 is 6.06. The van der Waals surface area contributed by atoms with Gasteiger partial charge in [0.1, 0.15) is 5.75 Å². The fraction of sp³-hybridized carbons (Fsp3) is 0.115.